The molecule has 4 rings (SSSR count). The Kier molecular flexibility index (Phi) is 8.34. The van der Waals surface area contributed by atoms with Crippen molar-refractivity contribution in [3.8, 4) is 17.0 Å². The topological polar surface area (TPSA) is 111 Å². The van der Waals surface area contributed by atoms with Gasteiger partial charge in [0.2, 0.25) is 5.91 Å². The second-order valence-electron chi connectivity index (χ2n) is 7.80. The first-order chi connectivity index (χ1) is 17.5. The minimum atomic E-state index is -0.217. The fraction of sp³-hybridized carbons (Fsp3) is 0.240. The average molecular weight is 523 g/mol. The lowest BCUT2D eigenvalue weighted by Crippen LogP contribution is -2.24. The molecule has 0 fully saturated rings. The maximum Gasteiger partial charge on any atom is 0.251 e. The number of methoxy groups -OCH3 is 1. The molecule has 9 nitrogen and oxygen atoms in total. The van der Waals surface area contributed by atoms with E-state index in [9.17, 15) is 9.59 Å². The summed E-state index contributed by atoms with van der Waals surface area (Å²) in [5.41, 5.74) is 3.55. The number of hydrogen-bond acceptors (Lipinski definition) is 8. The summed E-state index contributed by atoms with van der Waals surface area (Å²) in [6, 6.07) is 15.0. The van der Waals surface area contributed by atoms with Gasteiger partial charge in [-0.2, -0.15) is 0 Å². The number of amides is 2. The largest absolute Gasteiger partial charge is 0.497 e. The van der Waals surface area contributed by atoms with E-state index >= 15 is 0 Å². The van der Waals surface area contributed by atoms with Crippen molar-refractivity contribution in [1.29, 1.82) is 0 Å². The molecular weight excluding hydrogens is 496 g/mol. The van der Waals surface area contributed by atoms with Crippen LogP contribution in [0.4, 0.5) is 5.13 Å². The Balaban J connectivity index is 1.30. The second-order valence-corrected chi connectivity index (χ2v) is 9.60. The summed E-state index contributed by atoms with van der Waals surface area (Å²) in [7, 11) is 1.58. The molecule has 0 saturated carbocycles. The van der Waals surface area contributed by atoms with E-state index in [-0.39, 0.29) is 24.1 Å². The highest BCUT2D eigenvalue weighted by molar-refractivity contribution is 7.99. The molecule has 0 aliphatic carbocycles. The highest BCUT2D eigenvalue weighted by atomic mass is 32.2. The molecule has 0 bridgehead atoms. The number of aromatic nitrogens is 4. The zero-order valence-corrected chi connectivity index (χ0v) is 21.8. The molecule has 0 aliphatic rings. The molecule has 0 saturated heterocycles. The number of anilines is 1. The summed E-state index contributed by atoms with van der Waals surface area (Å²) in [5.74, 6) is 1.07. The van der Waals surface area contributed by atoms with E-state index < -0.39 is 0 Å². The van der Waals surface area contributed by atoms with Crippen molar-refractivity contribution >= 4 is 40.0 Å². The average Bonchev–Trinajstić information content (AvgIpc) is 3.53. The molecule has 0 aliphatic heterocycles. The van der Waals surface area contributed by atoms with Crippen molar-refractivity contribution in [2.45, 2.75) is 32.1 Å². The first-order valence-electron chi connectivity index (χ1n) is 11.3. The van der Waals surface area contributed by atoms with E-state index in [4.69, 9.17) is 4.74 Å². The van der Waals surface area contributed by atoms with Crippen LogP contribution in [0.5, 0.6) is 5.75 Å². The van der Waals surface area contributed by atoms with Crippen LogP contribution < -0.4 is 15.4 Å². The summed E-state index contributed by atoms with van der Waals surface area (Å²) in [4.78, 5) is 29.5. The summed E-state index contributed by atoms with van der Waals surface area (Å²) < 4.78 is 7.00. The number of aryl methyl sites for hydroxylation is 1. The number of benzene rings is 2. The quantitative estimate of drug-likeness (QED) is 0.297. The first kappa shape index (κ1) is 25.4. The monoisotopic (exact) mass is 522 g/mol. The molecule has 0 radical (unpaired) electrons. The van der Waals surface area contributed by atoms with Gasteiger partial charge in [0.15, 0.2) is 16.1 Å². The zero-order valence-electron chi connectivity index (χ0n) is 20.1. The first-order valence-corrected chi connectivity index (χ1v) is 13.1. The third kappa shape index (κ3) is 6.29. The van der Waals surface area contributed by atoms with Crippen LogP contribution in [0.15, 0.2) is 59.1 Å². The predicted molar refractivity (Wildman–Crippen MR) is 142 cm³/mol. The lowest BCUT2D eigenvalue weighted by Gasteiger charge is -2.09. The van der Waals surface area contributed by atoms with Gasteiger partial charge < -0.3 is 19.9 Å². The van der Waals surface area contributed by atoms with Crippen LogP contribution in [0.3, 0.4) is 0 Å². The molecule has 4 aromatic rings. The van der Waals surface area contributed by atoms with Gasteiger partial charge in [-0.05, 0) is 38.1 Å². The van der Waals surface area contributed by atoms with Crippen molar-refractivity contribution in [3.63, 3.8) is 0 Å². The van der Waals surface area contributed by atoms with Crippen molar-refractivity contribution < 1.29 is 14.3 Å². The van der Waals surface area contributed by atoms with Crippen molar-refractivity contribution in [2.75, 3.05) is 18.2 Å². The maximum absolute atomic E-state index is 12.5. The van der Waals surface area contributed by atoms with Crippen LogP contribution in [0, 0.1) is 6.92 Å². The molecule has 11 heteroatoms. The molecular formula is C25H26N6O3S2. The maximum atomic E-state index is 12.5. The summed E-state index contributed by atoms with van der Waals surface area (Å²) in [6.07, 6.45) is 0. The summed E-state index contributed by atoms with van der Waals surface area (Å²) >= 11 is 2.67. The van der Waals surface area contributed by atoms with Gasteiger partial charge in [-0.1, -0.05) is 41.6 Å². The number of thiazole rings is 1. The molecule has 2 N–H and O–H groups in total. The Morgan fingerprint density at radius 2 is 1.83 bits per heavy atom. The minimum absolute atomic E-state index is 0.162. The number of thioether (sulfide) groups is 1. The van der Waals surface area contributed by atoms with Crippen molar-refractivity contribution in [3.05, 3.63) is 70.9 Å². The van der Waals surface area contributed by atoms with Crippen LogP contribution in [0.2, 0.25) is 0 Å². The van der Waals surface area contributed by atoms with Gasteiger partial charge in [-0.3, -0.25) is 9.59 Å². The zero-order chi connectivity index (χ0) is 25.5. The number of hydrogen-bond donors (Lipinski definition) is 2. The molecule has 2 amide bonds. The van der Waals surface area contributed by atoms with Gasteiger partial charge in [0, 0.05) is 23.1 Å². The fourth-order valence-corrected chi connectivity index (χ4v) is 4.91. The van der Waals surface area contributed by atoms with Crippen LogP contribution in [0.25, 0.3) is 11.3 Å². The molecule has 36 heavy (non-hydrogen) atoms. The van der Waals surface area contributed by atoms with Crippen LogP contribution >= 0.6 is 23.1 Å². The number of nitrogens with one attached hydrogen (secondary N) is 2. The Labute approximate surface area is 217 Å². The lowest BCUT2D eigenvalue weighted by atomic mass is 10.1. The summed E-state index contributed by atoms with van der Waals surface area (Å²) in [5, 5.41) is 17.2. The van der Waals surface area contributed by atoms with Gasteiger partial charge in [-0.15, -0.1) is 21.5 Å². The van der Waals surface area contributed by atoms with E-state index in [1.165, 1.54) is 28.7 Å². The van der Waals surface area contributed by atoms with Crippen molar-refractivity contribution in [2.24, 2.45) is 0 Å². The molecule has 0 spiro atoms. The fourth-order valence-electron chi connectivity index (χ4n) is 3.35. The number of ether oxygens (including phenoxy) is 1. The molecule has 2 aromatic carbocycles. The van der Waals surface area contributed by atoms with Gasteiger partial charge in [0.05, 0.1) is 25.1 Å². The highest BCUT2D eigenvalue weighted by Gasteiger charge is 2.15. The van der Waals surface area contributed by atoms with Gasteiger partial charge in [0.1, 0.15) is 5.75 Å². The number of rotatable bonds is 10. The SMILES string of the molecule is CCn1c(CNC(=O)c2ccc(OC)cc2)nnc1SCC(=O)Nc1nc(-c2ccc(C)cc2)cs1. The molecule has 2 aromatic heterocycles. The number of carbonyl (C=O) groups is 2. The van der Waals surface area contributed by atoms with Gasteiger partial charge >= 0.3 is 0 Å². The Morgan fingerprint density at radius 3 is 2.53 bits per heavy atom. The number of carbonyl (C=O) groups excluding carboxylic acids is 2. The predicted octanol–water partition coefficient (Wildman–Crippen LogP) is 4.40. The van der Waals surface area contributed by atoms with E-state index in [2.05, 4.69) is 25.8 Å². The molecule has 0 unspecified atom stereocenters. The van der Waals surface area contributed by atoms with E-state index in [1.54, 1.807) is 31.4 Å². The van der Waals surface area contributed by atoms with E-state index in [0.29, 0.717) is 34.0 Å². The Hall–Kier alpha value is -3.70. The molecule has 2 heterocycles. The van der Waals surface area contributed by atoms with Crippen LogP contribution in [0.1, 0.15) is 28.7 Å². The molecule has 186 valence electrons. The van der Waals surface area contributed by atoms with E-state index in [0.717, 1.165) is 11.3 Å². The van der Waals surface area contributed by atoms with Gasteiger partial charge in [0.25, 0.3) is 5.91 Å². The summed E-state index contributed by atoms with van der Waals surface area (Å²) in [6.45, 7) is 4.83. The Morgan fingerprint density at radius 1 is 1.08 bits per heavy atom. The Bertz CT molecular complexity index is 1330. The van der Waals surface area contributed by atoms with Gasteiger partial charge in [-0.25, -0.2) is 4.98 Å². The smallest absolute Gasteiger partial charge is 0.251 e. The second kappa shape index (κ2) is 11.8. The standard InChI is InChI=1S/C25H26N6O3S2/c1-4-31-21(13-26-23(33)18-9-11-19(34-3)12-10-18)29-30-25(31)36-15-22(32)28-24-27-20(14-35-24)17-7-5-16(2)6-8-17/h5-12,14H,4,13,15H2,1-3H3,(H,26,33)(H,27,28,32). The van der Waals surface area contributed by atoms with E-state index in [1.807, 2.05) is 48.1 Å². The van der Waals surface area contributed by atoms with Crippen molar-refractivity contribution in [1.82, 2.24) is 25.1 Å². The minimum Gasteiger partial charge on any atom is -0.497 e. The van der Waals surface area contributed by atoms with Crippen LogP contribution in [-0.2, 0) is 17.9 Å². The molecule has 0 atom stereocenters. The normalized spacial score (nSPS) is 10.8. The lowest BCUT2D eigenvalue weighted by molar-refractivity contribution is -0.113. The third-order valence-corrected chi connectivity index (χ3v) is 7.02. The third-order valence-electron chi connectivity index (χ3n) is 5.30. The number of nitrogens with zero attached hydrogens (tertiary/aromatic N) is 4. The highest BCUT2D eigenvalue weighted by Crippen LogP contribution is 2.25. The van der Waals surface area contributed by atoms with Crippen LogP contribution in [-0.4, -0.2) is 44.4 Å².